The van der Waals surface area contributed by atoms with E-state index in [0.29, 0.717) is 59.3 Å². The summed E-state index contributed by atoms with van der Waals surface area (Å²) in [5, 5.41) is 2.86. The summed E-state index contributed by atoms with van der Waals surface area (Å²) in [5.74, 6) is 4.75. The number of benzene rings is 2. The van der Waals surface area contributed by atoms with Gasteiger partial charge in [-0.2, -0.15) is 0 Å². The maximum Gasteiger partial charge on any atom is 0.412 e. The van der Waals surface area contributed by atoms with Gasteiger partial charge in [-0.25, -0.2) is 4.79 Å². The first kappa shape index (κ1) is 27.3. The number of carbonyl (C=O) groups is 1. The predicted molar refractivity (Wildman–Crippen MR) is 157 cm³/mol. The molecule has 9 atom stereocenters. The molecule has 0 radical (unpaired) electrons. The summed E-state index contributed by atoms with van der Waals surface area (Å²) in [6.07, 6.45) is 8.08. The minimum absolute atomic E-state index is 0.323. The zero-order valence-corrected chi connectivity index (χ0v) is 25.0. The van der Waals surface area contributed by atoms with Crippen LogP contribution in [0.2, 0.25) is 0 Å². The van der Waals surface area contributed by atoms with Crippen molar-refractivity contribution in [3.63, 3.8) is 0 Å². The largest absolute Gasteiger partial charge is 0.497 e. The molecule has 0 bridgehead atoms. The minimum atomic E-state index is -0.427. The molecule has 2 heterocycles. The van der Waals surface area contributed by atoms with Gasteiger partial charge in [0.25, 0.3) is 0 Å². The smallest absolute Gasteiger partial charge is 0.412 e. The molecule has 0 unspecified atom stereocenters. The Morgan fingerprint density at radius 3 is 2.61 bits per heavy atom. The number of methoxy groups -OCH3 is 1. The lowest BCUT2D eigenvalue weighted by Gasteiger charge is -2.52. The van der Waals surface area contributed by atoms with Crippen LogP contribution in [0.3, 0.4) is 0 Å². The van der Waals surface area contributed by atoms with Crippen LogP contribution in [0, 0.1) is 35.0 Å². The van der Waals surface area contributed by atoms with Crippen LogP contribution in [-0.2, 0) is 22.4 Å². The third-order valence-electron chi connectivity index (χ3n) is 11.8. The van der Waals surface area contributed by atoms with Gasteiger partial charge in [-0.1, -0.05) is 39.0 Å². The molecule has 2 saturated carbocycles. The summed E-state index contributed by atoms with van der Waals surface area (Å²) in [5.41, 5.74) is 4.14. The lowest BCUT2D eigenvalue weighted by molar-refractivity contribution is -0.272. The van der Waals surface area contributed by atoms with E-state index in [-0.39, 0.29) is 5.79 Å². The molecule has 1 N–H and O–H groups in total. The van der Waals surface area contributed by atoms with Crippen LogP contribution >= 0.6 is 0 Å². The van der Waals surface area contributed by atoms with Crippen LogP contribution in [0.4, 0.5) is 4.79 Å². The highest BCUT2D eigenvalue weighted by Gasteiger charge is 2.67. The molecule has 7 rings (SSSR count). The van der Waals surface area contributed by atoms with Crippen molar-refractivity contribution >= 4 is 6.09 Å². The Morgan fingerprint density at radius 1 is 1.05 bits per heavy atom. The van der Waals surface area contributed by atoms with Gasteiger partial charge in [-0.3, -0.25) is 0 Å². The van der Waals surface area contributed by atoms with Crippen LogP contribution < -0.4 is 14.8 Å². The van der Waals surface area contributed by atoms with Gasteiger partial charge in [0.05, 0.1) is 19.8 Å². The van der Waals surface area contributed by atoms with Crippen LogP contribution in [0.25, 0.3) is 0 Å². The summed E-state index contributed by atoms with van der Waals surface area (Å²) >= 11 is 0. The molecular weight excluding hydrogens is 514 g/mol. The number of ether oxygens (including phenoxy) is 4. The maximum absolute atomic E-state index is 12.5. The monoisotopic (exact) mass is 559 g/mol. The molecule has 3 aliphatic carbocycles. The Hall–Kier alpha value is -2.57. The molecule has 2 saturated heterocycles. The number of hydrogen-bond acceptors (Lipinski definition) is 5. The zero-order chi connectivity index (χ0) is 28.4. The Bertz CT molecular complexity index is 1280. The number of nitrogens with one attached hydrogen (secondary N) is 1. The van der Waals surface area contributed by atoms with E-state index in [0.717, 1.165) is 30.8 Å². The first-order valence-corrected chi connectivity index (χ1v) is 15.8. The standard InChI is InChI=1S/C35H45NO5/c1-21-13-16-35(39-20-21)22(2)32-31(41-35)18-30-29-11-7-24-17-26(10-12-27(24)28(29)14-15-34(30,32)3)40-33(37)36-19-23-5-8-25(38-4)9-6-23/h5-6,8-10,12,17,21-22,28-32H,7,11,13-16,18-20H2,1-4H3,(H,36,37)/t21-,22+,28-,29-,30+,31+,32+,34+,35-/m1/s1. The summed E-state index contributed by atoms with van der Waals surface area (Å²) < 4.78 is 24.3. The Morgan fingerprint density at radius 2 is 1.85 bits per heavy atom. The number of amides is 1. The summed E-state index contributed by atoms with van der Waals surface area (Å²) in [6.45, 7) is 8.54. The van der Waals surface area contributed by atoms with Gasteiger partial charge in [-0.05, 0) is 114 Å². The van der Waals surface area contributed by atoms with Gasteiger partial charge in [0.1, 0.15) is 11.5 Å². The van der Waals surface area contributed by atoms with E-state index < -0.39 is 6.09 Å². The van der Waals surface area contributed by atoms with Crippen LogP contribution in [0.5, 0.6) is 11.5 Å². The van der Waals surface area contributed by atoms with Crippen LogP contribution in [0.1, 0.15) is 81.9 Å². The van der Waals surface area contributed by atoms with Gasteiger partial charge >= 0.3 is 6.09 Å². The minimum Gasteiger partial charge on any atom is -0.497 e. The van der Waals surface area contributed by atoms with E-state index in [4.69, 9.17) is 18.9 Å². The van der Waals surface area contributed by atoms with Gasteiger partial charge in [0, 0.05) is 18.9 Å². The Labute approximate surface area is 244 Å². The van der Waals surface area contributed by atoms with Crippen molar-refractivity contribution in [3.8, 4) is 11.5 Å². The molecule has 2 aromatic carbocycles. The van der Waals surface area contributed by atoms with Crippen molar-refractivity contribution in [2.24, 2.45) is 35.0 Å². The van der Waals surface area contributed by atoms with Crippen LogP contribution in [0.15, 0.2) is 42.5 Å². The average Bonchev–Trinajstić information content (AvgIpc) is 3.43. The number of carbonyl (C=O) groups excluding carboxylic acids is 1. The third-order valence-corrected chi connectivity index (χ3v) is 11.8. The lowest BCUT2D eigenvalue weighted by atomic mass is 9.53. The molecule has 0 aromatic heterocycles. The molecule has 2 aliphatic heterocycles. The van der Waals surface area contributed by atoms with Crippen LogP contribution in [-0.4, -0.2) is 31.7 Å². The molecule has 220 valence electrons. The van der Waals surface area contributed by atoms with Gasteiger partial charge in [0.15, 0.2) is 5.79 Å². The molecule has 5 aliphatic rings. The number of aryl methyl sites for hydroxylation is 1. The van der Waals surface area contributed by atoms with Crippen molar-refractivity contribution in [2.75, 3.05) is 13.7 Å². The fourth-order valence-electron chi connectivity index (χ4n) is 9.70. The van der Waals surface area contributed by atoms with Gasteiger partial charge < -0.3 is 24.3 Å². The summed E-state index contributed by atoms with van der Waals surface area (Å²) in [4.78, 5) is 12.5. The zero-order valence-electron chi connectivity index (χ0n) is 25.0. The fourth-order valence-corrected chi connectivity index (χ4v) is 9.70. The topological polar surface area (TPSA) is 66.0 Å². The van der Waals surface area contributed by atoms with E-state index in [1.807, 2.05) is 30.3 Å². The molecule has 1 amide bonds. The van der Waals surface area contributed by atoms with E-state index in [2.05, 4.69) is 38.2 Å². The first-order valence-electron chi connectivity index (χ1n) is 15.8. The number of fused-ring (bicyclic) bond motifs is 7. The molecule has 1 spiro atoms. The highest BCUT2D eigenvalue weighted by atomic mass is 16.7. The van der Waals surface area contributed by atoms with E-state index in [1.54, 1.807) is 7.11 Å². The normalized spacial score (nSPS) is 38.9. The van der Waals surface area contributed by atoms with E-state index in [9.17, 15) is 4.79 Å². The first-order chi connectivity index (χ1) is 19.8. The van der Waals surface area contributed by atoms with Gasteiger partial charge in [-0.15, -0.1) is 0 Å². The lowest BCUT2D eigenvalue weighted by Crippen LogP contribution is -2.48. The summed E-state index contributed by atoms with van der Waals surface area (Å²) in [6, 6.07) is 14.0. The average molecular weight is 560 g/mol. The highest BCUT2D eigenvalue weighted by molar-refractivity contribution is 5.70. The second-order valence-electron chi connectivity index (χ2n) is 13.9. The van der Waals surface area contributed by atoms with Crippen molar-refractivity contribution < 1.29 is 23.7 Å². The molecule has 41 heavy (non-hydrogen) atoms. The molecular formula is C35H45NO5. The van der Waals surface area contributed by atoms with Crippen molar-refractivity contribution in [3.05, 3.63) is 59.2 Å². The molecule has 6 nitrogen and oxygen atoms in total. The van der Waals surface area contributed by atoms with Crippen molar-refractivity contribution in [1.29, 1.82) is 0 Å². The SMILES string of the molecule is COc1ccc(CNC(=O)Oc2ccc3c(c2)CC[C@@H]2[C@@H]3CC[C@]3(C)[C@@H]4[C@H](C[C@@H]23)O[C@]2(CC[C@@H](C)CO2)[C@H]4C)cc1. The molecule has 6 heteroatoms. The highest BCUT2D eigenvalue weighted by Crippen LogP contribution is 2.69. The second kappa shape index (κ2) is 10.3. The molecule has 2 aromatic rings. The van der Waals surface area contributed by atoms with E-state index >= 15 is 0 Å². The van der Waals surface area contributed by atoms with E-state index in [1.165, 1.54) is 43.2 Å². The predicted octanol–water partition coefficient (Wildman–Crippen LogP) is 7.24. The fraction of sp³-hybridized carbons (Fsp3) is 0.629. The third kappa shape index (κ3) is 4.57. The van der Waals surface area contributed by atoms with Gasteiger partial charge in [0.2, 0.25) is 0 Å². The van der Waals surface area contributed by atoms with Crippen molar-refractivity contribution in [1.82, 2.24) is 5.32 Å². The number of hydrogen-bond donors (Lipinski definition) is 1. The number of rotatable bonds is 4. The molecule has 4 fully saturated rings. The quantitative estimate of drug-likeness (QED) is 0.428. The summed E-state index contributed by atoms with van der Waals surface area (Å²) in [7, 11) is 1.64. The second-order valence-corrected chi connectivity index (χ2v) is 13.9. The Kier molecular flexibility index (Phi) is 6.86. The Balaban J connectivity index is 1.01. The maximum atomic E-state index is 12.5. The van der Waals surface area contributed by atoms with Crippen molar-refractivity contribution in [2.45, 2.75) is 90.1 Å².